The topological polar surface area (TPSA) is 35.5 Å². The van der Waals surface area contributed by atoms with E-state index < -0.39 is 8.32 Å². The highest BCUT2D eigenvalue weighted by Gasteiger charge is 2.55. The number of Topliss-reactive ketones (excluding diaryl/α,β-unsaturated/α-hetero) is 1. The van der Waals surface area contributed by atoms with Crippen molar-refractivity contribution in [3.05, 3.63) is 29.3 Å². The van der Waals surface area contributed by atoms with Crippen molar-refractivity contribution in [2.24, 2.45) is 17.3 Å². The zero-order valence-electron chi connectivity index (χ0n) is 16.8. The number of carbonyl (C=O) groups is 1. The van der Waals surface area contributed by atoms with Crippen molar-refractivity contribution in [3.8, 4) is 5.75 Å². The second-order valence-electron chi connectivity index (χ2n) is 9.76. The summed E-state index contributed by atoms with van der Waals surface area (Å²) >= 11 is 0. The molecule has 1 aromatic carbocycles. The fourth-order valence-electron chi connectivity index (χ4n) is 5.96. The monoisotopic (exact) mass is 372 g/mol. The van der Waals surface area contributed by atoms with Gasteiger partial charge in [0.25, 0.3) is 0 Å². The SMILES string of the molecule is CO[C@H]1C[C@@H]2[C@H](CC[C@]3(C)C(=O)CC[C@@H]23)c2ccc(O[Si](C)(C)C)cc21. The lowest BCUT2D eigenvalue weighted by Gasteiger charge is -2.49. The molecular weight excluding hydrogens is 340 g/mol. The Balaban J connectivity index is 1.70. The molecule has 0 spiro atoms. The molecule has 26 heavy (non-hydrogen) atoms. The van der Waals surface area contributed by atoms with Gasteiger partial charge in [0.2, 0.25) is 8.32 Å². The minimum Gasteiger partial charge on any atom is -0.544 e. The Morgan fingerprint density at radius 2 is 1.92 bits per heavy atom. The maximum atomic E-state index is 12.5. The van der Waals surface area contributed by atoms with E-state index in [-0.39, 0.29) is 11.5 Å². The standard InChI is InChI=1S/C22H32O3Si/c1-22-11-10-16-15-7-6-14(25-26(3,4)5)12-18(15)20(24-2)13-17(16)19(22)8-9-21(22)23/h6-7,12,16-17,19-20H,8-11,13H2,1-5H3/t16-,17-,19+,20+,22+/m1/s1. The second kappa shape index (κ2) is 6.20. The van der Waals surface area contributed by atoms with Gasteiger partial charge in [-0.1, -0.05) is 13.0 Å². The molecule has 0 aromatic heterocycles. The molecule has 4 heteroatoms. The molecule has 0 radical (unpaired) electrons. The number of fused-ring (bicyclic) bond motifs is 5. The molecule has 0 N–H and O–H groups in total. The maximum Gasteiger partial charge on any atom is 0.242 e. The summed E-state index contributed by atoms with van der Waals surface area (Å²) in [5.41, 5.74) is 2.67. The van der Waals surface area contributed by atoms with Gasteiger partial charge in [-0.15, -0.1) is 0 Å². The van der Waals surface area contributed by atoms with Gasteiger partial charge in [0.1, 0.15) is 11.5 Å². The largest absolute Gasteiger partial charge is 0.544 e. The molecule has 0 amide bonds. The van der Waals surface area contributed by atoms with Crippen LogP contribution in [-0.2, 0) is 9.53 Å². The van der Waals surface area contributed by atoms with Crippen LogP contribution in [0.25, 0.3) is 0 Å². The van der Waals surface area contributed by atoms with Crippen LogP contribution in [0.1, 0.15) is 62.2 Å². The van der Waals surface area contributed by atoms with E-state index in [4.69, 9.17) is 9.16 Å². The van der Waals surface area contributed by atoms with Crippen LogP contribution in [0.4, 0.5) is 0 Å². The molecule has 0 bridgehead atoms. The number of hydrogen-bond acceptors (Lipinski definition) is 3. The number of carbonyl (C=O) groups excluding carboxylic acids is 1. The fourth-order valence-corrected chi connectivity index (χ4v) is 6.79. The van der Waals surface area contributed by atoms with Crippen LogP contribution in [0.3, 0.4) is 0 Å². The van der Waals surface area contributed by atoms with Crippen molar-refractivity contribution < 1.29 is 14.0 Å². The van der Waals surface area contributed by atoms with Crippen molar-refractivity contribution in [2.75, 3.05) is 7.11 Å². The smallest absolute Gasteiger partial charge is 0.242 e. The third-order valence-corrected chi connectivity index (χ3v) is 7.99. The number of ether oxygens (including phenoxy) is 1. The summed E-state index contributed by atoms with van der Waals surface area (Å²) in [7, 11) is 0.198. The predicted octanol–water partition coefficient (Wildman–Crippen LogP) is 5.47. The normalized spacial score (nSPS) is 36.3. The zero-order valence-corrected chi connectivity index (χ0v) is 17.8. The summed E-state index contributed by atoms with van der Waals surface area (Å²) in [4.78, 5) is 12.5. The van der Waals surface area contributed by atoms with Crippen LogP contribution in [0.2, 0.25) is 19.6 Å². The first-order valence-electron chi connectivity index (χ1n) is 10.1. The Bertz CT molecular complexity index is 723. The fraction of sp³-hybridized carbons (Fsp3) is 0.682. The molecule has 0 saturated heterocycles. The molecule has 5 atom stereocenters. The minimum atomic E-state index is -1.62. The summed E-state index contributed by atoms with van der Waals surface area (Å²) < 4.78 is 12.2. The van der Waals surface area contributed by atoms with E-state index in [1.165, 1.54) is 11.1 Å². The first kappa shape index (κ1) is 18.2. The van der Waals surface area contributed by atoms with Gasteiger partial charge < -0.3 is 9.16 Å². The molecule has 4 rings (SSSR count). The second-order valence-corrected chi connectivity index (χ2v) is 14.2. The summed E-state index contributed by atoms with van der Waals surface area (Å²) in [5.74, 6) is 3.15. The van der Waals surface area contributed by atoms with Crippen molar-refractivity contribution in [3.63, 3.8) is 0 Å². The van der Waals surface area contributed by atoms with Crippen LogP contribution in [0.5, 0.6) is 5.75 Å². The van der Waals surface area contributed by atoms with Gasteiger partial charge in [0.05, 0.1) is 6.10 Å². The average molecular weight is 373 g/mol. The highest BCUT2D eigenvalue weighted by Crippen LogP contribution is 2.61. The third kappa shape index (κ3) is 2.86. The Morgan fingerprint density at radius 1 is 1.15 bits per heavy atom. The van der Waals surface area contributed by atoms with E-state index in [0.717, 1.165) is 37.9 Å². The number of rotatable bonds is 3. The van der Waals surface area contributed by atoms with E-state index in [0.29, 0.717) is 23.5 Å². The summed E-state index contributed by atoms with van der Waals surface area (Å²) in [6, 6.07) is 6.67. The third-order valence-electron chi connectivity index (χ3n) is 7.15. The molecule has 0 unspecified atom stereocenters. The van der Waals surface area contributed by atoms with Gasteiger partial charge in [-0.25, -0.2) is 0 Å². The van der Waals surface area contributed by atoms with E-state index in [9.17, 15) is 4.79 Å². The Hall–Kier alpha value is -1.13. The minimum absolute atomic E-state index is 0.0855. The van der Waals surface area contributed by atoms with Crippen LogP contribution in [0.15, 0.2) is 18.2 Å². The molecule has 2 fully saturated rings. The van der Waals surface area contributed by atoms with Gasteiger partial charge >= 0.3 is 0 Å². The molecule has 0 aliphatic heterocycles. The van der Waals surface area contributed by atoms with Gasteiger partial charge in [-0.2, -0.15) is 0 Å². The van der Waals surface area contributed by atoms with Gasteiger partial charge in [-0.3, -0.25) is 4.79 Å². The molecule has 0 heterocycles. The molecule has 3 aliphatic rings. The van der Waals surface area contributed by atoms with Gasteiger partial charge in [0.15, 0.2) is 0 Å². The Morgan fingerprint density at radius 3 is 2.62 bits per heavy atom. The van der Waals surface area contributed by atoms with Crippen LogP contribution < -0.4 is 4.43 Å². The zero-order chi connectivity index (χ0) is 18.7. The lowest BCUT2D eigenvalue weighted by atomic mass is 9.55. The maximum absolute atomic E-state index is 12.5. The lowest BCUT2D eigenvalue weighted by molar-refractivity contribution is -0.129. The Kier molecular flexibility index (Phi) is 4.35. The molecule has 3 nitrogen and oxygen atoms in total. The van der Waals surface area contributed by atoms with Gasteiger partial charge in [-0.05, 0) is 86.3 Å². The van der Waals surface area contributed by atoms with Gasteiger partial charge in [0, 0.05) is 18.9 Å². The first-order chi connectivity index (χ1) is 12.2. The van der Waals surface area contributed by atoms with Crippen molar-refractivity contribution in [2.45, 2.75) is 70.7 Å². The quantitative estimate of drug-likeness (QED) is 0.660. The van der Waals surface area contributed by atoms with Crippen LogP contribution >= 0.6 is 0 Å². The number of benzene rings is 1. The molecule has 2 saturated carbocycles. The summed E-state index contributed by atoms with van der Waals surface area (Å²) in [6.45, 7) is 8.88. The Labute approximate surface area is 158 Å². The van der Waals surface area contributed by atoms with Crippen molar-refractivity contribution >= 4 is 14.1 Å². The highest BCUT2D eigenvalue weighted by atomic mass is 28.4. The van der Waals surface area contributed by atoms with Crippen molar-refractivity contribution in [1.29, 1.82) is 0 Å². The molecular formula is C22H32O3Si. The van der Waals surface area contributed by atoms with E-state index in [1.807, 2.05) is 7.11 Å². The van der Waals surface area contributed by atoms with Crippen LogP contribution in [-0.4, -0.2) is 21.2 Å². The number of hydrogen-bond donors (Lipinski definition) is 0. The van der Waals surface area contributed by atoms with Crippen LogP contribution in [0, 0.1) is 17.3 Å². The first-order valence-corrected chi connectivity index (χ1v) is 13.5. The average Bonchev–Trinajstić information content (AvgIpc) is 2.88. The summed E-state index contributed by atoms with van der Waals surface area (Å²) in [5, 5.41) is 0. The lowest BCUT2D eigenvalue weighted by Crippen LogP contribution is -2.43. The van der Waals surface area contributed by atoms with E-state index in [2.05, 4.69) is 44.8 Å². The highest BCUT2D eigenvalue weighted by molar-refractivity contribution is 6.70. The van der Waals surface area contributed by atoms with Crippen molar-refractivity contribution in [1.82, 2.24) is 0 Å². The molecule has 142 valence electrons. The summed E-state index contributed by atoms with van der Waals surface area (Å²) in [6.07, 6.45) is 5.17. The molecule has 1 aromatic rings. The molecule has 3 aliphatic carbocycles. The van der Waals surface area contributed by atoms with E-state index in [1.54, 1.807) is 0 Å². The number of ketones is 1. The predicted molar refractivity (Wildman–Crippen MR) is 106 cm³/mol. The van der Waals surface area contributed by atoms with E-state index >= 15 is 0 Å². The number of methoxy groups -OCH3 is 1.